The van der Waals surface area contributed by atoms with Gasteiger partial charge in [0.25, 0.3) is 0 Å². The lowest BCUT2D eigenvalue weighted by atomic mass is 9.89. The first-order valence-corrected chi connectivity index (χ1v) is 15.9. The number of benzene rings is 2. The topological polar surface area (TPSA) is 70.1 Å². The molecule has 4 rings (SSSR count). The standard InChI is InChI=1S/C37H49FN2O5/c1-24(2)44-35(41)34(45-36(5,6)7)32-26(4)39-25(3)31(33(32)40-21-19-37(8,42-9)20-22-40)28-12-16-30(17-13-28)43-23-18-27-10-14-29(38)15-11-27/h10-17,24,34H,18-23H2,1-9H3. The highest BCUT2D eigenvalue weighted by atomic mass is 19.1. The zero-order chi connectivity index (χ0) is 32.9. The van der Waals surface area contributed by atoms with Gasteiger partial charge in [-0.3, -0.25) is 4.98 Å². The number of aromatic nitrogens is 1. The number of ether oxygens (including phenoxy) is 4. The van der Waals surface area contributed by atoms with E-state index in [-0.39, 0.29) is 17.5 Å². The Morgan fingerprint density at radius 1 is 1.00 bits per heavy atom. The number of pyridine rings is 1. The Kier molecular flexibility index (Phi) is 10.9. The number of aryl methyl sites for hydroxylation is 2. The van der Waals surface area contributed by atoms with Crippen molar-refractivity contribution < 1.29 is 28.1 Å². The molecule has 45 heavy (non-hydrogen) atoms. The number of nitrogens with zero attached hydrogens (tertiary/aromatic N) is 2. The van der Waals surface area contributed by atoms with Crippen molar-refractivity contribution in [2.24, 2.45) is 0 Å². The van der Waals surface area contributed by atoms with Gasteiger partial charge in [-0.25, -0.2) is 9.18 Å². The molecule has 0 bridgehead atoms. The molecule has 1 atom stereocenters. The molecule has 8 heteroatoms. The van der Waals surface area contributed by atoms with E-state index in [0.29, 0.717) is 13.0 Å². The Bertz CT molecular complexity index is 1440. The molecular formula is C37H49FN2O5. The summed E-state index contributed by atoms with van der Waals surface area (Å²) in [5.41, 5.74) is 5.39. The Balaban J connectivity index is 1.76. The van der Waals surface area contributed by atoms with Crippen molar-refractivity contribution in [3.63, 3.8) is 0 Å². The van der Waals surface area contributed by atoms with Crippen LogP contribution in [0.3, 0.4) is 0 Å². The first kappa shape index (κ1) is 34.4. The molecule has 1 aromatic heterocycles. The van der Waals surface area contributed by atoms with Gasteiger partial charge < -0.3 is 23.8 Å². The van der Waals surface area contributed by atoms with Crippen LogP contribution in [0.15, 0.2) is 48.5 Å². The van der Waals surface area contributed by atoms with Crippen LogP contribution in [0.25, 0.3) is 11.1 Å². The van der Waals surface area contributed by atoms with E-state index in [1.165, 1.54) is 12.1 Å². The highest BCUT2D eigenvalue weighted by Crippen LogP contribution is 2.44. The molecule has 2 heterocycles. The lowest BCUT2D eigenvalue weighted by Gasteiger charge is -2.42. The fourth-order valence-corrected chi connectivity index (χ4v) is 5.77. The molecule has 0 spiro atoms. The Hall–Kier alpha value is -3.49. The van der Waals surface area contributed by atoms with Gasteiger partial charge in [0.15, 0.2) is 6.10 Å². The van der Waals surface area contributed by atoms with Crippen molar-refractivity contribution in [1.82, 2.24) is 4.98 Å². The molecule has 2 aromatic carbocycles. The second kappa shape index (κ2) is 14.3. The normalized spacial score (nSPS) is 15.7. The maximum Gasteiger partial charge on any atom is 0.340 e. The van der Waals surface area contributed by atoms with E-state index in [4.69, 9.17) is 23.9 Å². The number of piperidine rings is 1. The number of hydrogen-bond donors (Lipinski definition) is 0. The summed E-state index contributed by atoms with van der Waals surface area (Å²) in [6.07, 6.45) is 1.10. The van der Waals surface area contributed by atoms with E-state index in [9.17, 15) is 9.18 Å². The smallest absolute Gasteiger partial charge is 0.340 e. The largest absolute Gasteiger partial charge is 0.493 e. The summed E-state index contributed by atoms with van der Waals surface area (Å²) < 4.78 is 37.4. The second-order valence-corrected chi connectivity index (χ2v) is 13.4. The van der Waals surface area contributed by atoms with Gasteiger partial charge in [0.2, 0.25) is 0 Å². The molecule has 0 radical (unpaired) electrons. The third-order valence-electron chi connectivity index (χ3n) is 8.22. The molecular weight excluding hydrogens is 571 g/mol. The lowest BCUT2D eigenvalue weighted by molar-refractivity contribution is -0.171. The van der Waals surface area contributed by atoms with E-state index in [2.05, 4.69) is 11.8 Å². The number of carbonyl (C=O) groups is 1. The number of methoxy groups -OCH3 is 1. The van der Waals surface area contributed by atoms with Gasteiger partial charge in [0.1, 0.15) is 11.6 Å². The predicted octanol–water partition coefficient (Wildman–Crippen LogP) is 7.94. The first-order valence-electron chi connectivity index (χ1n) is 15.9. The van der Waals surface area contributed by atoms with E-state index in [1.807, 2.05) is 72.7 Å². The van der Waals surface area contributed by atoms with Crippen molar-refractivity contribution in [3.8, 4) is 16.9 Å². The second-order valence-electron chi connectivity index (χ2n) is 13.4. The van der Waals surface area contributed by atoms with Gasteiger partial charge in [-0.15, -0.1) is 0 Å². The quantitative estimate of drug-likeness (QED) is 0.202. The van der Waals surface area contributed by atoms with Gasteiger partial charge in [-0.05, 0) is 104 Å². The van der Waals surface area contributed by atoms with E-state index in [0.717, 1.165) is 71.0 Å². The minimum Gasteiger partial charge on any atom is -0.493 e. The maximum atomic E-state index is 13.7. The highest BCUT2D eigenvalue weighted by Gasteiger charge is 2.38. The van der Waals surface area contributed by atoms with E-state index in [1.54, 1.807) is 19.2 Å². The van der Waals surface area contributed by atoms with Gasteiger partial charge >= 0.3 is 5.97 Å². The number of anilines is 1. The molecule has 0 saturated carbocycles. The number of rotatable bonds is 11. The molecule has 1 saturated heterocycles. The minimum atomic E-state index is -0.959. The summed E-state index contributed by atoms with van der Waals surface area (Å²) in [4.78, 5) is 21.0. The van der Waals surface area contributed by atoms with Gasteiger partial charge in [0, 0.05) is 49.1 Å². The first-order chi connectivity index (χ1) is 21.2. The van der Waals surface area contributed by atoms with E-state index >= 15 is 0 Å². The zero-order valence-electron chi connectivity index (χ0n) is 28.3. The van der Waals surface area contributed by atoms with Gasteiger partial charge in [-0.1, -0.05) is 24.3 Å². The van der Waals surface area contributed by atoms with Crippen LogP contribution in [0.4, 0.5) is 10.1 Å². The minimum absolute atomic E-state index is 0.210. The summed E-state index contributed by atoms with van der Waals surface area (Å²) >= 11 is 0. The van der Waals surface area contributed by atoms with E-state index < -0.39 is 17.7 Å². The van der Waals surface area contributed by atoms with Gasteiger partial charge in [-0.2, -0.15) is 0 Å². The monoisotopic (exact) mass is 620 g/mol. The van der Waals surface area contributed by atoms with Crippen LogP contribution in [0.2, 0.25) is 0 Å². The van der Waals surface area contributed by atoms with Crippen LogP contribution < -0.4 is 9.64 Å². The molecule has 1 aliphatic heterocycles. The third kappa shape index (κ3) is 8.82. The molecule has 1 fully saturated rings. The molecule has 1 aliphatic rings. The highest BCUT2D eigenvalue weighted by molar-refractivity contribution is 5.88. The Morgan fingerprint density at radius 2 is 1.62 bits per heavy atom. The summed E-state index contributed by atoms with van der Waals surface area (Å²) in [5.74, 6) is 0.0669. The summed E-state index contributed by atoms with van der Waals surface area (Å²) in [5, 5.41) is 0. The molecule has 7 nitrogen and oxygen atoms in total. The Morgan fingerprint density at radius 3 is 2.18 bits per heavy atom. The lowest BCUT2D eigenvalue weighted by Crippen LogP contribution is -2.44. The average molecular weight is 621 g/mol. The number of halogens is 1. The molecule has 0 amide bonds. The van der Waals surface area contributed by atoms with Crippen molar-refractivity contribution in [2.75, 3.05) is 31.7 Å². The fraction of sp³-hybridized carbons (Fsp3) is 0.514. The van der Waals surface area contributed by atoms with Crippen molar-refractivity contribution >= 4 is 11.7 Å². The third-order valence-corrected chi connectivity index (χ3v) is 8.22. The summed E-state index contributed by atoms with van der Waals surface area (Å²) in [7, 11) is 1.77. The van der Waals surface area contributed by atoms with Crippen LogP contribution >= 0.6 is 0 Å². The molecule has 0 aliphatic carbocycles. The van der Waals surface area contributed by atoms with Crippen LogP contribution in [0.5, 0.6) is 5.75 Å². The molecule has 1 unspecified atom stereocenters. The van der Waals surface area contributed by atoms with Crippen molar-refractivity contribution in [3.05, 3.63) is 76.9 Å². The van der Waals surface area contributed by atoms with Crippen LogP contribution in [0, 0.1) is 19.7 Å². The van der Waals surface area contributed by atoms with Crippen molar-refractivity contribution in [2.45, 2.75) is 98.1 Å². The van der Waals surface area contributed by atoms with Crippen LogP contribution in [-0.4, -0.2) is 55.1 Å². The van der Waals surface area contributed by atoms with Crippen molar-refractivity contribution in [1.29, 1.82) is 0 Å². The molecule has 244 valence electrons. The summed E-state index contributed by atoms with van der Waals surface area (Å²) in [6.45, 7) is 17.6. The van der Waals surface area contributed by atoms with Crippen LogP contribution in [0.1, 0.15) is 83.0 Å². The molecule has 0 N–H and O–H groups in total. The molecule has 3 aromatic rings. The predicted molar refractivity (Wildman–Crippen MR) is 176 cm³/mol. The number of esters is 1. The Labute approximate surface area is 268 Å². The zero-order valence-corrected chi connectivity index (χ0v) is 28.3. The average Bonchev–Trinajstić information content (AvgIpc) is 2.97. The maximum absolute atomic E-state index is 13.7. The summed E-state index contributed by atoms with van der Waals surface area (Å²) in [6, 6.07) is 14.5. The fourth-order valence-electron chi connectivity index (χ4n) is 5.77. The SMILES string of the molecule is COC1(C)CCN(c2c(-c3ccc(OCCc4ccc(F)cc4)cc3)c(C)nc(C)c2C(OC(C)(C)C)C(=O)OC(C)C)CC1. The van der Waals surface area contributed by atoms with Gasteiger partial charge in [0.05, 0.1) is 29.6 Å². The van der Waals surface area contributed by atoms with Crippen LogP contribution in [-0.2, 0) is 25.4 Å². The number of carbonyl (C=O) groups excluding carboxylic acids is 1. The number of hydrogen-bond acceptors (Lipinski definition) is 7.